The van der Waals surface area contributed by atoms with Crippen molar-refractivity contribution in [3.05, 3.63) is 59.8 Å². The Morgan fingerprint density at radius 1 is 1.02 bits per heavy atom. The third kappa shape index (κ3) is 5.72. The van der Waals surface area contributed by atoms with E-state index in [1.807, 2.05) is 24.3 Å². The Bertz CT molecular complexity index is 1610. The Hall–Kier alpha value is -3.36. The van der Waals surface area contributed by atoms with E-state index in [1.54, 1.807) is 0 Å². The summed E-state index contributed by atoms with van der Waals surface area (Å²) >= 11 is 1.38. The maximum absolute atomic E-state index is 14.2. The molecule has 1 saturated heterocycles. The monoisotopic (exact) mass is 596 g/mol. The van der Waals surface area contributed by atoms with Gasteiger partial charge in [0.15, 0.2) is 21.5 Å². The van der Waals surface area contributed by atoms with Gasteiger partial charge in [-0.15, -0.1) is 11.3 Å². The summed E-state index contributed by atoms with van der Waals surface area (Å²) in [6, 6.07) is 13.8. The lowest BCUT2D eigenvalue weighted by atomic mass is 9.76. The van der Waals surface area contributed by atoms with Gasteiger partial charge in [0.05, 0.1) is 28.1 Å². The number of nitriles is 1. The maximum Gasteiger partial charge on any atom is 0.225 e. The molecule has 0 bridgehead atoms. The van der Waals surface area contributed by atoms with Crippen LogP contribution in [0.2, 0.25) is 0 Å². The summed E-state index contributed by atoms with van der Waals surface area (Å²) in [5.74, 6) is -2.28. The molecule has 1 N–H and O–H groups in total. The van der Waals surface area contributed by atoms with Crippen molar-refractivity contribution in [2.75, 3.05) is 29.5 Å². The van der Waals surface area contributed by atoms with E-state index in [4.69, 9.17) is 4.98 Å². The SMILES string of the molecule is N#CC1(NC(=O)[C@@H]2CCCC[C@H]2c2nc(-c3ccc(F)c(F)c3)sc2-c2ccc(N3CCS(=O)(=O)CC3)cc2)CC1. The molecule has 3 aromatic rings. The molecule has 3 fully saturated rings. The molecule has 2 aromatic carbocycles. The minimum atomic E-state index is -2.99. The highest BCUT2D eigenvalue weighted by molar-refractivity contribution is 7.91. The molecule has 0 unspecified atom stereocenters. The van der Waals surface area contributed by atoms with Crippen LogP contribution in [-0.4, -0.2) is 49.4 Å². The molecule has 0 radical (unpaired) electrons. The number of rotatable bonds is 6. The number of benzene rings is 2. The first-order valence-corrected chi connectivity index (χ1v) is 16.6. The number of anilines is 1. The zero-order valence-corrected chi connectivity index (χ0v) is 24.0. The molecule has 0 spiro atoms. The molecule has 1 amide bonds. The van der Waals surface area contributed by atoms with Gasteiger partial charge in [-0.3, -0.25) is 4.79 Å². The van der Waals surface area contributed by atoms with Gasteiger partial charge in [0.2, 0.25) is 5.91 Å². The van der Waals surface area contributed by atoms with E-state index in [2.05, 4.69) is 16.3 Å². The lowest BCUT2D eigenvalue weighted by Gasteiger charge is -2.31. The Labute approximate surface area is 242 Å². The van der Waals surface area contributed by atoms with Gasteiger partial charge >= 0.3 is 0 Å². The van der Waals surface area contributed by atoms with Crippen LogP contribution in [-0.2, 0) is 14.6 Å². The van der Waals surface area contributed by atoms with Gasteiger partial charge in [0.1, 0.15) is 10.5 Å². The predicted molar refractivity (Wildman–Crippen MR) is 154 cm³/mol. The van der Waals surface area contributed by atoms with Crippen LogP contribution in [0.15, 0.2) is 42.5 Å². The third-order valence-corrected chi connectivity index (χ3v) is 11.2. The van der Waals surface area contributed by atoms with E-state index in [0.29, 0.717) is 42.9 Å². The first-order valence-electron chi connectivity index (χ1n) is 13.9. The number of hydrogen-bond acceptors (Lipinski definition) is 7. The van der Waals surface area contributed by atoms with E-state index in [1.165, 1.54) is 17.4 Å². The van der Waals surface area contributed by atoms with Gasteiger partial charge in [-0.2, -0.15) is 5.26 Å². The Morgan fingerprint density at radius 3 is 2.37 bits per heavy atom. The van der Waals surface area contributed by atoms with E-state index in [9.17, 15) is 27.3 Å². The quantitative estimate of drug-likeness (QED) is 0.407. The number of halogens is 2. The van der Waals surface area contributed by atoms with Crippen molar-refractivity contribution >= 4 is 32.8 Å². The van der Waals surface area contributed by atoms with Crippen molar-refractivity contribution in [3.63, 3.8) is 0 Å². The van der Waals surface area contributed by atoms with Crippen LogP contribution < -0.4 is 10.2 Å². The van der Waals surface area contributed by atoms with Gasteiger partial charge < -0.3 is 10.2 Å². The van der Waals surface area contributed by atoms with Crippen LogP contribution in [0.5, 0.6) is 0 Å². The average molecular weight is 597 g/mol. The number of carbonyl (C=O) groups excluding carboxylic acids is 1. The second-order valence-electron chi connectivity index (χ2n) is 11.2. The van der Waals surface area contributed by atoms with Crippen LogP contribution in [0.4, 0.5) is 14.5 Å². The Morgan fingerprint density at radius 2 is 1.71 bits per heavy atom. The van der Waals surface area contributed by atoms with Gasteiger partial charge in [0.25, 0.3) is 0 Å². The van der Waals surface area contributed by atoms with Crippen LogP contribution in [0, 0.1) is 28.9 Å². The fraction of sp³-hybridized carbons (Fsp3) is 0.433. The van der Waals surface area contributed by atoms with E-state index in [-0.39, 0.29) is 29.2 Å². The molecule has 11 heteroatoms. The third-order valence-electron chi connectivity index (χ3n) is 8.44. The molecule has 3 aliphatic rings. The van der Waals surface area contributed by atoms with Crippen molar-refractivity contribution < 1.29 is 22.0 Å². The number of amides is 1. The first kappa shape index (κ1) is 27.8. The van der Waals surface area contributed by atoms with Crippen LogP contribution in [0.25, 0.3) is 21.0 Å². The summed E-state index contributed by atoms with van der Waals surface area (Å²) in [5.41, 5.74) is 2.28. The molecule has 2 saturated carbocycles. The summed E-state index contributed by atoms with van der Waals surface area (Å²) in [6.45, 7) is 0.883. The topological polar surface area (TPSA) is 103 Å². The van der Waals surface area contributed by atoms with Crippen molar-refractivity contribution in [2.24, 2.45) is 5.92 Å². The standard InChI is InChI=1S/C30H30F2N4O3S2/c31-24-10-7-20(17-25(24)32)29-34-26(22-3-1-2-4-23(22)28(37)35-30(18-33)11-12-30)27(40-29)19-5-8-21(9-6-19)36-13-15-41(38,39)16-14-36/h5-10,17,22-23H,1-4,11-16H2,(H,35,37)/t22-,23-/m1/s1. The number of nitrogens with one attached hydrogen (secondary N) is 1. The zero-order chi connectivity index (χ0) is 28.8. The summed E-state index contributed by atoms with van der Waals surface area (Å²) in [6.07, 6.45) is 4.60. The minimum Gasteiger partial charge on any atom is -0.369 e. The second-order valence-corrected chi connectivity index (χ2v) is 14.5. The number of nitrogens with zero attached hydrogens (tertiary/aromatic N) is 3. The molecule has 7 nitrogen and oxygen atoms in total. The van der Waals surface area contributed by atoms with Crippen LogP contribution in [0.3, 0.4) is 0 Å². The molecule has 214 valence electrons. The molecule has 41 heavy (non-hydrogen) atoms. The molecule has 2 aliphatic carbocycles. The van der Waals surface area contributed by atoms with Crippen molar-refractivity contribution in [3.8, 4) is 27.1 Å². The molecule has 2 atom stereocenters. The predicted octanol–water partition coefficient (Wildman–Crippen LogP) is 5.44. The Kier molecular flexibility index (Phi) is 7.32. The largest absolute Gasteiger partial charge is 0.369 e. The lowest BCUT2D eigenvalue weighted by molar-refractivity contribution is -0.127. The first-order chi connectivity index (χ1) is 19.7. The fourth-order valence-electron chi connectivity index (χ4n) is 5.83. The highest BCUT2D eigenvalue weighted by Gasteiger charge is 2.47. The maximum atomic E-state index is 14.2. The molecule has 1 aliphatic heterocycles. The number of hydrogen-bond donors (Lipinski definition) is 1. The van der Waals surface area contributed by atoms with Crippen molar-refractivity contribution in [1.29, 1.82) is 5.26 Å². The lowest BCUT2D eigenvalue weighted by Crippen LogP contribution is -2.42. The fourth-order valence-corrected chi connectivity index (χ4v) is 8.17. The highest BCUT2D eigenvalue weighted by Crippen LogP contribution is 2.47. The van der Waals surface area contributed by atoms with E-state index < -0.39 is 27.0 Å². The van der Waals surface area contributed by atoms with Gasteiger partial charge in [0, 0.05) is 36.2 Å². The highest BCUT2D eigenvalue weighted by atomic mass is 32.2. The average Bonchev–Trinajstić information content (AvgIpc) is 3.61. The number of sulfone groups is 1. The van der Waals surface area contributed by atoms with Gasteiger partial charge in [-0.25, -0.2) is 22.2 Å². The van der Waals surface area contributed by atoms with Crippen molar-refractivity contribution in [2.45, 2.75) is 50.0 Å². The zero-order valence-electron chi connectivity index (χ0n) is 22.4. The summed E-state index contributed by atoms with van der Waals surface area (Å²) in [7, 11) is -2.99. The molecular formula is C30H30F2N4O3S2. The summed E-state index contributed by atoms with van der Waals surface area (Å²) in [5, 5.41) is 13.1. The summed E-state index contributed by atoms with van der Waals surface area (Å²) in [4.78, 5) is 21.3. The van der Waals surface area contributed by atoms with Crippen LogP contribution >= 0.6 is 11.3 Å². The van der Waals surface area contributed by atoms with E-state index in [0.717, 1.165) is 53.2 Å². The Balaban J connectivity index is 1.36. The van der Waals surface area contributed by atoms with Crippen LogP contribution in [0.1, 0.15) is 50.1 Å². The normalized spacial score (nSPS) is 23.0. The molecule has 2 heterocycles. The smallest absolute Gasteiger partial charge is 0.225 e. The molecular weight excluding hydrogens is 566 g/mol. The number of carbonyl (C=O) groups is 1. The van der Waals surface area contributed by atoms with Gasteiger partial charge in [-0.05, 0) is 61.6 Å². The number of aromatic nitrogens is 1. The van der Waals surface area contributed by atoms with E-state index >= 15 is 0 Å². The molecule has 6 rings (SSSR count). The van der Waals surface area contributed by atoms with Crippen molar-refractivity contribution in [1.82, 2.24) is 10.3 Å². The van der Waals surface area contributed by atoms with Gasteiger partial charge in [-0.1, -0.05) is 25.0 Å². The second kappa shape index (κ2) is 10.8. The summed E-state index contributed by atoms with van der Waals surface area (Å²) < 4.78 is 51.6. The minimum absolute atomic E-state index is 0.127. The number of thiazole rings is 1. The molecule has 1 aromatic heterocycles.